The van der Waals surface area contributed by atoms with Crippen molar-refractivity contribution in [2.45, 2.75) is 25.9 Å². The summed E-state index contributed by atoms with van der Waals surface area (Å²) in [6.45, 7) is 5.28. The van der Waals surface area contributed by atoms with Crippen LogP contribution in [0.1, 0.15) is 25.1 Å². The fraction of sp³-hybridized carbons (Fsp3) is 0.750. The summed E-state index contributed by atoms with van der Waals surface area (Å²) in [5.41, 5.74) is 1.06. The van der Waals surface area contributed by atoms with E-state index in [1.54, 1.807) is 14.2 Å². The molecule has 0 spiro atoms. The van der Waals surface area contributed by atoms with E-state index in [9.17, 15) is 0 Å². The predicted molar refractivity (Wildman–Crippen MR) is 67.0 cm³/mol. The van der Waals surface area contributed by atoms with Crippen LogP contribution in [-0.2, 0) is 16.0 Å². The van der Waals surface area contributed by atoms with Crippen LogP contribution in [0.2, 0.25) is 0 Å². The summed E-state index contributed by atoms with van der Waals surface area (Å²) in [5.74, 6) is 0. The first kappa shape index (κ1) is 14.2. The standard InChI is InChI=1S/C12H23N3O2/c1-11(5-8-16-2)15-7-4-12(14-15)10-13-6-9-17-3/h4,7,11,13H,5-6,8-10H2,1-3H3. The van der Waals surface area contributed by atoms with Crippen LogP contribution in [-0.4, -0.2) is 43.8 Å². The van der Waals surface area contributed by atoms with E-state index in [1.165, 1.54) is 0 Å². The van der Waals surface area contributed by atoms with Gasteiger partial charge in [0.05, 0.1) is 18.3 Å². The van der Waals surface area contributed by atoms with Gasteiger partial charge in [-0.2, -0.15) is 5.10 Å². The lowest BCUT2D eigenvalue weighted by Crippen LogP contribution is -2.19. The van der Waals surface area contributed by atoms with E-state index < -0.39 is 0 Å². The molecule has 0 saturated carbocycles. The summed E-state index contributed by atoms with van der Waals surface area (Å²) in [5, 5.41) is 7.79. The van der Waals surface area contributed by atoms with Crippen molar-refractivity contribution in [1.29, 1.82) is 0 Å². The maximum atomic E-state index is 5.07. The van der Waals surface area contributed by atoms with Crippen molar-refractivity contribution in [2.24, 2.45) is 0 Å². The molecule has 98 valence electrons. The van der Waals surface area contributed by atoms with Crippen molar-refractivity contribution in [3.63, 3.8) is 0 Å². The number of hydrogen-bond acceptors (Lipinski definition) is 4. The van der Waals surface area contributed by atoms with Gasteiger partial charge in [0.2, 0.25) is 0 Å². The molecule has 5 nitrogen and oxygen atoms in total. The van der Waals surface area contributed by atoms with Gasteiger partial charge in [0.25, 0.3) is 0 Å². The molecule has 0 fully saturated rings. The molecule has 1 unspecified atom stereocenters. The maximum absolute atomic E-state index is 5.07. The fourth-order valence-corrected chi connectivity index (χ4v) is 1.53. The lowest BCUT2D eigenvalue weighted by atomic mass is 10.2. The van der Waals surface area contributed by atoms with Gasteiger partial charge in [-0.15, -0.1) is 0 Å². The Bertz CT molecular complexity index is 302. The number of nitrogens with one attached hydrogen (secondary N) is 1. The highest BCUT2D eigenvalue weighted by molar-refractivity contribution is 4.99. The third-order valence-corrected chi connectivity index (χ3v) is 2.64. The molecule has 0 aliphatic heterocycles. The molecule has 1 N–H and O–H groups in total. The number of nitrogens with zero attached hydrogens (tertiary/aromatic N) is 2. The SMILES string of the molecule is COCCNCc1ccn(C(C)CCOC)n1. The van der Waals surface area contributed by atoms with Gasteiger partial charge in [0.1, 0.15) is 0 Å². The number of methoxy groups -OCH3 is 2. The molecule has 0 aromatic carbocycles. The minimum absolute atomic E-state index is 0.377. The van der Waals surface area contributed by atoms with Gasteiger partial charge >= 0.3 is 0 Å². The van der Waals surface area contributed by atoms with Gasteiger partial charge in [0, 0.05) is 40.1 Å². The highest BCUT2D eigenvalue weighted by atomic mass is 16.5. The highest BCUT2D eigenvalue weighted by Gasteiger charge is 2.06. The molecule has 0 aliphatic carbocycles. The third-order valence-electron chi connectivity index (χ3n) is 2.64. The van der Waals surface area contributed by atoms with Crippen LogP contribution in [0, 0.1) is 0 Å². The van der Waals surface area contributed by atoms with Crippen molar-refractivity contribution < 1.29 is 9.47 Å². The van der Waals surface area contributed by atoms with Crippen molar-refractivity contribution >= 4 is 0 Å². The van der Waals surface area contributed by atoms with E-state index in [4.69, 9.17) is 9.47 Å². The highest BCUT2D eigenvalue weighted by Crippen LogP contribution is 2.09. The normalized spacial score (nSPS) is 12.9. The van der Waals surface area contributed by atoms with E-state index in [-0.39, 0.29) is 0 Å². The van der Waals surface area contributed by atoms with Crippen molar-refractivity contribution in [3.05, 3.63) is 18.0 Å². The van der Waals surface area contributed by atoms with Crippen LogP contribution in [0.15, 0.2) is 12.3 Å². The Morgan fingerprint density at radius 2 is 2.12 bits per heavy atom. The van der Waals surface area contributed by atoms with Crippen LogP contribution < -0.4 is 5.32 Å². The molecule has 0 saturated heterocycles. The molecule has 0 radical (unpaired) electrons. The van der Waals surface area contributed by atoms with Crippen molar-refractivity contribution in [3.8, 4) is 0 Å². The van der Waals surface area contributed by atoms with Crippen LogP contribution in [0.3, 0.4) is 0 Å². The second-order valence-corrected chi connectivity index (χ2v) is 4.09. The Balaban J connectivity index is 2.31. The molecular formula is C12H23N3O2. The first-order chi connectivity index (χ1) is 8.27. The average molecular weight is 241 g/mol. The predicted octanol–water partition coefficient (Wildman–Crippen LogP) is 1.22. The van der Waals surface area contributed by atoms with Gasteiger partial charge in [-0.25, -0.2) is 0 Å². The van der Waals surface area contributed by atoms with Crippen molar-refractivity contribution in [2.75, 3.05) is 34.0 Å². The van der Waals surface area contributed by atoms with Gasteiger partial charge in [-0.1, -0.05) is 0 Å². The monoisotopic (exact) mass is 241 g/mol. The molecule has 0 aliphatic rings. The average Bonchev–Trinajstić information content (AvgIpc) is 2.80. The molecule has 5 heteroatoms. The number of ether oxygens (including phenoxy) is 2. The van der Waals surface area contributed by atoms with E-state index in [1.807, 2.05) is 16.9 Å². The van der Waals surface area contributed by atoms with Gasteiger partial charge in [0.15, 0.2) is 0 Å². The molecule has 17 heavy (non-hydrogen) atoms. The molecule has 1 aromatic rings. The molecule has 1 aromatic heterocycles. The van der Waals surface area contributed by atoms with E-state index >= 15 is 0 Å². The zero-order valence-electron chi connectivity index (χ0n) is 11.0. The molecule has 0 bridgehead atoms. The minimum Gasteiger partial charge on any atom is -0.385 e. The van der Waals surface area contributed by atoms with Crippen LogP contribution >= 0.6 is 0 Å². The van der Waals surface area contributed by atoms with Gasteiger partial charge in [-0.3, -0.25) is 4.68 Å². The third kappa shape index (κ3) is 5.30. The quantitative estimate of drug-likeness (QED) is 0.660. The maximum Gasteiger partial charge on any atom is 0.0762 e. The van der Waals surface area contributed by atoms with Crippen LogP contribution in [0.5, 0.6) is 0 Å². The largest absolute Gasteiger partial charge is 0.385 e. The lowest BCUT2D eigenvalue weighted by Gasteiger charge is -2.11. The van der Waals surface area contributed by atoms with Gasteiger partial charge < -0.3 is 14.8 Å². The van der Waals surface area contributed by atoms with Crippen LogP contribution in [0.25, 0.3) is 0 Å². The molecular weight excluding hydrogens is 218 g/mol. The number of hydrogen-bond donors (Lipinski definition) is 1. The van der Waals surface area contributed by atoms with E-state index in [2.05, 4.69) is 17.3 Å². The summed E-state index contributed by atoms with van der Waals surface area (Å²) < 4.78 is 12.0. The molecule has 0 amide bonds. The Kier molecular flexibility index (Phi) is 6.84. The molecule has 1 rings (SSSR count). The minimum atomic E-state index is 0.377. The Labute approximate surface area is 103 Å². The molecule has 1 heterocycles. The van der Waals surface area contributed by atoms with E-state index in [0.717, 1.165) is 38.4 Å². The van der Waals surface area contributed by atoms with E-state index in [0.29, 0.717) is 6.04 Å². The summed E-state index contributed by atoms with van der Waals surface area (Å²) in [7, 11) is 3.43. The van der Waals surface area contributed by atoms with Crippen molar-refractivity contribution in [1.82, 2.24) is 15.1 Å². The second-order valence-electron chi connectivity index (χ2n) is 4.09. The zero-order valence-corrected chi connectivity index (χ0v) is 11.0. The first-order valence-corrected chi connectivity index (χ1v) is 6.00. The first-order valence-electron chi connectivity index (χ1n) is 6.00. The summed E-state index contributed by atoms with van der Waals surface area (Å²) in [6, 6.07) is 2.42. The Hall–Kier alpha value is -0.910. The van der Waals surface area contributed by atoms with Gasteiger partial charge in [-0.05, 0) is 19.4 Å². The second kappa shape index (κ2) is 8.22. The summed E-state index contributed by atoms with van der Waals surface area (Å²) in [4.78, 5) is 0. The number of rotatable bonds is 9. The summed E-state index contributed by atoms with van der Waals surface area (Å²) in [6.07, 6.45) is 3.00. The molecule has 1 atom stereocenters. The zero-order chi connectivity index (χ0) is 12.5. The summed E-state index contributed by atoms with van der Waals surface area (Å²) >= 11 is 0. The Morgan fingerprint density at radius 3 is 2.82 bits per heavy atom. The van der Waals surface area contributed by atoms with Crippen LogP contribution in [0.4, 0.5) is 0 Å². The topological polar surface area (TPSA) is 48.3 Å². The lowest BCUT2D eigenvalue weighted by molar-refractivity contribution is 0.178. The Morgan fingerprint density at radius 1 is 1.35 bits per heavy atom. The fourth-order valence-electron chi connectivity index (χ4n) is 1.53. The number of aromatic nitrogens is 2. The smallest absolute Gasteiger partial charge is 0.0762 e.